The van der Waals surface area contributed by atoms with Crippen LogP contribution >= 0.6 is 0 Å². The van der Waals surface area contributed by atoms with Gasteiger partial charge in [0.15, 0.2) is 5.82 Å². The molecule has 0 radical (unpaired) electrons. The van der Waals surface area contributed by atoms with Crippen LogP contribution in [0.2, 0.25) is 0 Å². The molecule has 1 fully saturated rings. The lowest BCUT2D eigenvalue weighted by atomic mass is 10.1. The molecule has 1 saturated carbocycles. The van der Waals surface area contributed by atoms with E-state index in [1.54, 1.807) is 0 Å². The van der Waals surface area contributed by atoms with Gasteiger partial charge in [-0.15, -0.1) is 0 Å². The molecular formula is C12H11F2N3O2S. The average molecular weight is 299 g/mol. The first kappa shape index (κ1) is 13.0. The highest BCUT2D eigenvalue weighted by Gasteiger charge is 2.37. The maximum Gasteiger partial charge on any atom is 0.256 e. The minimum absolute atomic E-state index is 0.0384. The average Bonchev–Trinajstić information content (AvgIpc) is 3.15. The molecule has 1 aromatic heterocycles. The Morgan fingerprint density at radius 1 is 1.30 bits per heavy atom. The van der Waals surface area contributed by atoms with Crippen LogP contribution in [0.25, 0.3) is 11.1 Å². The first-order chi connectivity index (χ1) is 9.41. The molecular weight excluding hydrogens is 288 g/mol. The number of hydrogen-bond donors (Lipinski definition) is 1. The van der Waals surface area contributed by atoms with E-state index in [-0.39, 0.29) is 16.8 Å². The highest BCUT2D eigenvalue weighted by Crippen LogP contribution is 2.32. The number of halogens is 2. The molecule has 0 unspecified atom stereocenters. The van der Waals surface area contributed by atoms with Gasteiger partial charge in [0.05, 0.1) is 28.9 Å². The lowest BCUT2D eigenvalue weighted by Crippen LogP contribution is -2.17. The van der Waals surface area contributed by atoms with Crippen LogP contribution < -0.4 is 5.73 Å². The van der Waals surface area contributed by atoms with E-state index in [4.69, 9.17) is 5.73 Å². The first-order valence-electron chi connectivity index (χ1n) is 5.94. The van der Waals surface area contributed by atoms with E-state index < -0.39 is 26.9 Å². The van der Waals surface area contributed by atoms with Gasteiger partial charge in [0.1, 0.15) is 5.82 Å². The molecule has 2 N–H and O–H groups in total. The Morgan fingerprint density at radius 3 is 2.65 bits per heavy atom. The van der Waals surface area contributed by atoms with E-state index in [0.717, 1.165) is 28.6 Å². The molecule has 1 aliphatic rings. The molecule has 106 valence electrons. The van der Waals surface area contributed by atoms with Gasteiger partial charge in [0, 0.05) is 5.56 Å². The quantitative estimate of drug-likeness (QED) is 0.876. The molecule has 1 heterocycles. The highest BCUT2D eigenvalue weighted by molar-refractivity contribution is 7.90. The van der Waals surface area contributed by atoms with Crippen LogP contribution in [0, 0.1) is 11.6 Å². The fraction of sp³-hybridized carbons (Fsp3) is 0.250. The maximum absolute atomic E-state index is 13.9. The van der Waals surface area contributed by atoms with Crippen molar-refractivity contribution in [1.29, 1.82) is 0 Å². The molecule has 1 aromatic carbocycles. The molecule has 0 spiro atoms. The van der Waals surface area contributed by atoms with Gasteiger partial charge in [-0.3, -0.25) is 0 Å². The first-order valence-corrected chi connectivity index (χ1v) is 7.44. The number of nitrogens with zero attached hydrogens (tertiary/aromatic N) is 2. The molecule has 20 heavy (non-hydrogen) atoms. The predicted octanol–water partition coefficient (Wildman–Crippen LogP) is 1.75. The van der Waals surface area contributed by atoms with Gasteiger partial charge in [-0.25, -0.2) is 17.2 Å². The zero-order valence-electron chi connectivity index (χ0n) is 10.3. The van der Waals surface area contributed by atoms with Crippen LogP contribution in [0.5, 0.6) is 0 Å². The van der Waals surface area contributed by atoms with Crippen molar-refractivity contribution in [3.63, 3.8) is 0 Å². The van der Waals surface area contributed by atoms with Gasteiger partial charge in [0.2, 0.25) is 0 Å². The van der Waals surface area contributed by atoms with Crippen molar-refractivity contribution in [3.8, 4) is 11.1 Å². The van der Waals surface area contributed by atoms with Gasteiger partial charge in [0.25, 0.3) is 10.0 Å². The Labute approximate surface area is 114 Å². The smallest absolute Gasteiger partial charge is 0.256 e. The zero-order valence-corrected chi connectivity index (χ0v) is 11.1. The zero-order chi connectivity index (χ0) is 14.5. The SMILES string of the molecule is Nc1ccc(F)c(-c2cnn(S(=O)(=O)C3CC3)c2)c1F. The predicted molar refractivity (Wildman–Crippen MR) is 69.3 cm³/mol. The van der Waals surface area contributed by atoms with Crippen LogP contribution in [0.15, 0.2) is 24.5 Å². The van der Waals surface area contributed by atoms with Crippen molar-refractivity contribution in [3.05, 3.63) is 36.2 Å². The molecule has 0 aliphatic heterocycles. The van der Waals surface area contributed by atoms with Crippen LogP contribution in [0.1, 0.15) is 12.8 Å². The molecule has 5 nitrogen and oxygen atoms in total. The summed E-state index contributed by atoms with van der Waals surface area (Å²) in [6.45, 7) is 0. The topological polar surface area (TPSA) is 78.0 Å². The molecule has 3 rings (SSSR count). The largest absolute Gasteiger partial charge is 0.396 e. The van der Waals surface area contributed by atoms with Crippen LogP contribution in [0.3, 0.4) is 0 Å². The lowest BCUT2D eigenvalue weighted by Gasteiger charge is -2.04. The van der Waals surface area contributed by atoms with Gasteiger partial charge >= 0.3 is 0 Å². The number of aromatic nitrogens is 2. The number of nitrogens with two attached hydrogens (primary N) is 1. The summed E-state index contributed by atoms with van der Waals surface area (Å²) in [7, 11) is -3.56. The minimum Gasteiger partial charge on any atom is -0.396 e. The van der Waals surface area contributed by atoms with E-state index in [1.165, 1.54) is 0 Å². The number of nitrogen functional groups attached to an aromatic ring is 1. The van der Waals surface area contributed by atoms with E-state index in [1.807, 2.05) is 0 Å². The molecule has 0 bridgehead atoms. The van der Waals surface area contributed by atoms with Crippen molar-refractivity contribution in [1.82, 2.24) is 9.19 Å². The van der Waals surface area contributed by atoms with Crippen molar-refractivity contribution < 1.29 is 17.2 Å². The van der Waals surface area contributed by atoms with E-state index in [0.29, 0.717) is 12.8 Å². The van der Waals surface area contributed by atoms with Crippen molar-refractivity contribution in [2.75, 3.05) is 5.73 Å². The van der Waals surface area contributed by atoms with Gasteiger partial charge in [-0.2, -0.15) is 9.19 Å². The number of hydrogen-bond acceptors (Lipinski definition) is 4. The summed E-state index contributed by atoms with van der Waals surface area (Å²) < 4.78 is 52.3. The molecule has 0 amide bonds. The highest BCUT2D eigenvalue weighted by atomic mass is 32.2. The van der Waals surface area contributed by atoms with E-state index in [9.17, 15) is 17.2 Å². The number of rotatable bonds is 3. The summed E-state index contributed by atoms with van der Waals surface area (Å²) in [5.74, 6) is -1.74. The Hall–Kier alpha value is -1.96. The Balaban J connectivity index is 2.09. The fourth-order valence-corrected chi connectivity index (χ4v) is 3.40. The second kappa shape index (κ2) is 4.27. The third-order valence-corrected chi connectivity index (χ3v) is 5.21. The van der Waals surface area contributed by atoms with Crippen LogP contribution in [-0.4, -0.2) is 22.9 Å². The van der Waals surface area contributed by atoms with Crippen molar-refractivity contribution >= 4 is 15.7 Å². The van der Waals surface area contributed by atoms with Crippen molar-refractivity contribution in [2.24, 2.45) is 0 Å². The normalized spacial score (nSPS) is 15.5. The Kier molecular flexibility index (Phi) is 2.79. The summed E-state index contributed by atoms with van der Waals surface area (Å²) in [6, 6.07) is 2.14. The van der Waals surface area contributed by atoms with E-state index >= 15 is 0 Å². The standard InChI is InChI=1S/C12H11F2N3O2S/c13-9-3-4-10(15)12(14)11(9)7-5-16-17(6-7)20(18,19)8-1-2-8/h3-6,8H,1-2,15H2. The van der Waals surface area contributed by atoms with Crippen LogP contribution in [-0.2, 0) is 10.0 Å². The molecule has 0 saturated heterocycles. The fourth-order valence-electron chi connectivity index (χ4n) is 1.92. The third kappa shape index (κ3) is 1.96. The second-order valence-electron chi connectivity index (χ2n) is 4.67. The molecule has 8 heteroatoms. The molecule has 0 atom stereocenters. The number of benzene rings is 1. The summed E-state index contributed by atoms with van der Waals surface area (Å²) in [6.07, 6.45) is 3.38. The summed E-state index contributed by atoms with van der Waals surface area (Å²) >= 11 is 0. The summed E-state index contributed by atoms with van der Waals surface area (Å²) in [5, 5.41) is 3.24. The lowest BCUT2D eigenvalue weighted by molar-refractivity contribution is 0.578. The Morgan fingerprint density at radius 2 is 2.00 bits per heavy atom. The molecule has 2 aromatic rings. The van der Waals surface area contributed by atoms with Gasteiger partial charge < -0.3 is 5.73 Å². The monoisotopic (exact) mass is 299 g/mol. The maximum atomic E-state index is 13.9. The molecule has 1 aliphatic carbocycles. The van der Waals surface area contributed by atoms with E-state index in [2.05, 4.69) is 5.10 Å². The van der Waals surface area contributed by atoms with Gasteiger partial charge in [-0.1, -0.05) is 0 Å². The minimum atomic E-state index is -3.56. The second-order valence-corrected chi connectivity index (χ2v) is 6.74. The third-order valence-electron chi connectivity index (χ3n) is 3.18. The summed E-state index contributed by atoms with van der Waals surface area (Å²) in [5.41, 5.74) is 4.85. The van der Waals surface area contributed by atoms with Crippen LogP contribution in [0.4, 0.5) is 14.5 Å². The summed E-state index contributed by atoms with van der Waals surface area (Å²) in [4.78, 5) is 0. The van der Waals surface area contributed by atoms with Gasteiger partial charge in [-0.05, 0) is 25.0 Å². The van der Waals surface area contributed by atoms with Crippen molar-refractivity contribution in [2.45, 2.75) is 18.1 Å². The Bertz CT molecular complexity index is 782. The number of anilines is 1.